The lowest BCUT2D eigenvalue weighted by Gasteiger charge is -2.14. The fourth-order valence-corrected chi connectivity index (χ4v) is 4.67. The quantitative estimate of drug-likeness (QED) is 0.173. The smallest absolute Gasteiger partial charge is 0.339 e. The lowest BCUT2D eigenvalue weighted by atomic mass is 10.1. The molecule has 1 amide bonds. The van der Waals surface area contributed by atoms with E-state index in [0.717, 1.165) is 0 Å². The van der Waals surface area contributed by atoms with Gasteiger partial charge in [-0.05, 0) is 82.8 Å². The van der Waals surface area contributed by atoms with Crippen LogP contribution in [0.2, 0.25) is 5.02 Å². The highest BCUT2D eigenvalue weighted by molar-refractivity contribution is 14.1. The SMILES string of the molecule is COc1cc(/C=C(\C#N)C(=O)Nc2ccccc2)cc(I)c1OS(=O)(=O)c1ccc(Cl)cc1. The Morgan fingerprint density at radius 1 is 1.12 bits per heavy atom. The standard InChI is InChI=1S/C23H16ClIN2O5S/c1-31-21-13-15(11-16(14-26)23(28)27-18-5-3-2-4-6-18)12-20(25)22(21)32-33(29,30)19-9-7-17(24)8-10-19/h2-13H,1H3,(H,27,28)/b16-11+. The van der Waals surface area contributed by atoms with Gasteiger partial charge in [-0.2, -0.15) is 13.7 Å². The molecule has 33 heavy (non-hydrogen) atoms. The number of carbonyl (C=O) groups is 1. The van der Waals surface area contributed by atoms with Crippen molar-refractivity contribution in [2.75, 3.05) is 12.4 Å². The van der Waals surface area contributed by atoms with E-state index in [1.54, 1.807) is 30.3 Å². The maximum absolute atomic E-state index is 12.7. The van der Waals surface area contributed by atoms with Crippen molar-refractivity contribution in [1.29, 1.82) is 5.26 Å². The number of nitriles is 1. The van der Waals surface area contributed by atoms with E-state index in [2.05, 4.69) is 5.32 Å². The number of halogens is 2. The molecular weight excluding hydrogens is 579 g/mol. The summed E-state index contributed by atoms with van der Waals surface area (Å²) in [6, 6.07) is 19.2. The summed E-state index contributed by atoms with van der Waals surface area (Å²) in [5.41, 5.74) is 0.860. The molecule has 3 rings (SSSR count). The van der Waals surface area contributed by atoms with Gasteiger partial charge in [0.1, 0.15) is 16.5 Å². The van der Waals surface area contributed by atoms with Crippen LogP contribution >= 0.6 is 34.2 Å². The minimum atomic E-state index is -4.15. The first-order valence-electron chi connectivity index (χ1n) is 9.29. The van der Waals surface area contributed by atoms with Crippen molar-refractivity contribution in [3.05, 3.63) is 86.5 Å². The molecule has 1 N–H and O–H groups in total. The van der Waals surface area contributed by atoms with Gasteiger partial charge in [-0.3, -0.25) is 4.79 Å². The van der Waals surface area contributed by atoms with Crippen LogP contribution in [0.5, 0.6) is 11.5 Å². The minimum absolute atomic E-state index is 0.0163. The molecule has 7 nitrogen and oxygen atoms in total. The number of para-hydroxylation sites is 1. The van der Waals surface area contributed by atoms with Crippen LogP contribution in [0.3, 0.4) is 0 Å². The van der Waals surface area contributed by atoms with Gasteiger partial charge in [0.25, 0.3) is 5.91 Å². The molecule has 0 saturated heterocycles. The number of benzene rings is 3. The van der Waals surface area contributed by atoms with E-state index in [-0.39, 0.29) is 22.0 Å². The van der Waals surface area contributed by atoms with Crippen molar-refractivity contribution in [3.63, 3.8) is 0 Å². The number of rotatable bonds is 7. The van der Waals surface area contributed by atoms with E-state index in [1.165, 1.54) is 43.5 Å². The molecule has 0 aromatic heterocycles. The largest absolute Gasteiger partial charge is 0.493 e. The summed E-state index contributed by atoms with van der Waals surface area (Å²) in [7, 11) is -2.79. The van der Waals surface area contributed by atoms with Gasteiger partial charge in [-0.1, -0.05) is 29.8 Å². The fraction of sp³-hybridized carbons (Fsp3) is 0.0435. The molecule has 3 aromatic carbocycles. The summed E-state index contributed by atoms with van der Waals surface area (Å²) >= 11 is 7.71. The zero-order valence-corrected chi connectivity index (χ0v) is 20.8. The Morgan fingerprint density at radius 3 is 2.39 bits per heavy atom. The monoisotopic (exact) mass is 594 g/mol. The molecular formula is C23H16ClIN2O5S. The highest BCUT2D eigenvalue weighted by Gasteiger charge is 2.22. The molecule has 0 bridgehead atoms. The van der Waals surface area contributed by atoms with Crippen molar-refractivity contribution < 1.29 is 22.1 Å². The molecule has 10 heteroatoms. The van der Waals surface area contributed by atoms with Gasteiger partial charge in [-0.25, -0.2) is 0 Å². The molecule has 0 unspecified atom stereocenters. The van der Waals surface area contributed by atoms with Gasteiger partial charge in [0, 0.05) is 10.7 Å². The van der Waals surface area contributed by atoms with Crippen LogP contribution in [0.1, 0.15) is 5.56 Å². The zero-order chi connectivity index (χ0) is 24.0. The molecule has 0 radical (unpaired) electrons. The van der Waals surface area contributed by atoms with E-state index in [1.807, 2.05) is 34.7 Å². The number of carbonyl (C=O) groups excluding carboxylic acids is 1. The van der Waals surface area contributed by atoms with E-state index in [9.17, 15) is 18.5 Å². The summed E-state index contributed by atoms with van der Waals surface area (Å²) in [6.07, 6.45) is 1.38. The Labute approximate surface area is 209 Å². The summed E-state index contributed by atoms with van der Waals surface area (Å²) in [6.45, 7) is 0. The molecule has 0 atom stereocenters. The number of amides is 1. The highest BCUT2D eigenvalue weighted by Crippen LogP contribution is 2.36. The van der Waals surface area contributed by atoms with Crippen molar-refractivity contribution >= 4 is 62.0 Å². The molecule has 0 heterocycles. The summed E-state index contributed by atoms with van der Waals surface area (Å²) < 4.78 is 36.4. The van der Waals surface area contributed by atoms with Gasteiger partial charge in [0.2, 0.25) is 0 Å². The average Bonchev–Trinajstić information content (AvgIpc) is 2.79. The van der Waals surface area contributed by atoms with Gasteiger partial charge in [0.05, 0.1) is 10.7 Å². The Balaban J connectivity index is 1.91. The fourth-order valence-electron chi connectivity index (χ4n) is 2.70. The van der Waals surface area contributed by atoms with Crippen molar-refractivity contribution in [3.8, 4) is 17.6 Å². The Hall–Kier alpha value is -3.07. The van der Waals surface area contributed by atoms with Gasteiger partial charge < -0.3 is 14.2 Å². The zero-order valence-electron chi connectivity index (χ0n) is 17.1. The second-order valence-corrected chi connectivity index (χ2v) is 9.66. The summed E-state index contributed by atoms with van der Waals surface area (Å²) in [5, 5.41) is 12.5. The first-order chi connectivity index (χ1) is 15.7. The third-order valence-electron chi connectivity index (χ3n) is 4.25. The molecule has 0 aliphatic carbocycles. The van der Waals surface area contributed by atoms with E-state index in [0.29, 0.717) is 19.8 Å². The van der Waals surface area contributed by atoms with Crippen LogP contribution in [0, 0.1) is 14.9 Å². The lowest BCUT2D eigenvalue weighted by molar-refractivity contribution is -0.112. The summed E-state index contributed by atoms with van der Waals surface area (Å²) in [5.74, 6) is -0.479. The number of hydrogen-bond acceptors (Lipinski definition) is 6. The lowest BCUT2D eigenvalue weighted by Crippen LogP contribution is -2.13. The molecule has 0 aliphatic heterocycles. The number of nitrogens with zero attached hydrogens (tertiary/aromatic N) is 1. The summed E-state index contributed by atoms with van der Waals surface area (Å²) in [4.78, 5) is 12.4. The Bertz CT molecular complexity index is 1350. The van der Waals surface area contributed by atoms with Crippen LogP contribution in [0.15, 0.2) is 77.2 Å². The molecule has 0 fully saturated rings. The van der Waals surface area contributed by atoms with E-state index in [4.69, 9.17) is 20.5 Å². The second-order valence-electron chi connectivity index (χ2n) is 6.52. The van der Waals surface area contributed by atoms with E-state index < -0.39 is 16.0 Å². The van der Waals surface area contributed by atoms with Crippen molar-refractivity contribution in [2.24, 2.45) is 0 Å². The predicted molar refractivity (Wildman–Crippen MR) is 134 cm³/mol. The minimum Gasteiger partial charge on any atom is -0.493 e. The topological polar surface area (TPSA) is 105 Å². The average molecular weight is 595 g/mol. The van der Waals surface area contributed by atoms with Gasteiger partial charge in [0.15, 0.2) is 11.5 Å². The third kappa shape index (κ3) is 6.25. The Kier molecular flexibility index (Phi) is 7.97. The molecule has 3 aromatic rings. The Morgan fingerprint density at radius 2 is 1.79 bits per heavy atom. The van der Waals surface area contributed by atoms with Crippen LogP contribution in [0.25, 0.3) is 6.08 Å². The van der Waals surface area contributed by atoms with Gasteiger partial charge >= 0.3 is 10.1 Å². The number of methoxy groups -OCH3 is 1. The maximum atomic E-state index is 12.7. The molecule has 0 spiro atoms. The van der Waals surface area contributed by atoms with Crippen LogP contribution in [-0.4, -0.2) is 21.4 Å². The normalized spacial score (nSPS) is 11.4. The first-order valence-corrected chi connectivity index (χ1v) is 12.2. The second kappa shape index (κ2) is 10.7. The molecule has 168 valence electrons. The number of hydrogen-bond donors (Lipinski definition) is 1. The van der Waals surface area contributed by atoms with Crippen LogP contribution in [-0.2, 0) is 14.9 Å². The molecule has 0 saturated carbocycles. The third-order valence-corrected chi connectivity index (χ3v) is 6.54. The van der Waals surface area contributed by atoms with Crippen molar-refractivity contribution in [1.82, 2.24) is 0 Å². The first kappa shape index (κ1) is 24.6. The highest BCUT2D eigenvalue weighted by atomic mass is 127. The predicted octanol–water partition coefficient (Wildman–Crippen LogP) is 5.27. The van der Waals surface area contributed by atoms with Crippen molar-refractivity contribution in [2.45, 2.75) is 4.90 Å². The number of anilines is 1. The number of ether oxygens (including phenoxy) is 1. The number of nitrogens with one attached hydrogen (secondary N) is 1. The van der Waals surface area contributed by atoms with Gasteiger partial charge in [-0.15, -0.1) is 0 Å². The van der Waals surface area contributed by atoms with Crippen LogP contribution < -0.4 is 14.2 Å². The maximum Gasteiger partial charge on any atom is 0.339 e. The molecule has 0 aliphatic rings. The van der Waals surface area contributed by atoms with E-state index >= 15 is 0 Å². The van der Waals surface area contributed by atoms with Crippen LogP contribution in [0.4, 0.5) is 5.69 Å².